The summed E-state index contributed by atoms with van der Waals surface area (Å²) in [6.45, 7) is 2.03. The van der Waals surface area contributed by atoms with Crippen molar-refractivity contribution in [3.8, 4) is 11.5 Å². The van der Waals surface area contributed by atoms with Crippen molar-refractivity contribution >= 4 is 22.7 Å². The van der Waals surface area contributed by atoms with Crippen LogP contribution in [0.25, 0.3) is 10.9 Å². The van der Waals surface area contributed by atoms with Gasteiger partial charge in [-0.25, -0.2) is 4.98 Å². The smallest absolute Gasteiger partial charge is 0.225 e. The van der Waals surface area contributed by atoms with Crippen molar-refractivity contribution in [3.05, 3.63) is 48.0 Å². The summed E-state index contributed by atoms with van der Waals surface area (Å²) in [5, 5.41) is 8.34. The first-order valence-electron chi connectivity index (χ1n) is 12.2. The van der Waals surface area contributed by atoms with Gasteiger partial charge < -0.3 is 25.0 Å². The zero-order chi connectivity index (χ0) is 23.9. The summed E-state index contributed by atoms with van der Waals surface area (Å²) in [6.07, 6.45) is 5.71. The Bertz CT molecular complexity index is 1080. The van der Waals surface area contributed by atoms with Crippen molar-refractivity contribution in [2.24, 2.45) is 5.92 Å². The van der Waals surface area contributed by atoms with E-state index in [2.05, 4.69) is 39.8 Å². The number of anilines is 2. The van der Waals surface area contributed by atoms with E-state index in [1.807, 2.05) is 32.3 Å². The van der Waals surface area contributed by atoms with E-state index in [-0.39, 0.29) is 0 Å². The number of benzene rings is 2. The van der Waals surface area contributed by atoms with E-state index in [9.17, 15) is 0 Å². The van der Waals surface area contributed by atoms with Crippen LogP contribution >= 0.6 is 0 Å². The van der Waals surface area contributed by atoms with Crippen LogP contribution in [0.5, 0.6) is 11.5 Å². The van der Waals surface area contributed by atoms with E-state index >= 15 is 0 Å². The summed E-state index contributed by atoms with van der Waals surface area (Å²) in [5.41, 5.74) is 2.24. The first-order valence-corrected chi connectivity index (χ1v) is 12.2. The number of para-hydroxylation sites is 1. The van der Waals surface area contributed by atoms with Crippen LogP contribution in [0.15, 0.2) is 42.5 Å². The van der Waals surface area contributed by atoms with Crippen LogP contribution in [0, 0.1) is 5.92 Å². The highest BCUT2D eigenvalue weighted by Gasteiger charge is 2.22. The van der Waals surface area contributed by atoms with Gasteiger partial charge in [0.25, 0.3) is 0 Å². The number of methoxy groups -OCH3 is 2. The molecule has 7 heteroatoms. The number of aromatic nitrogens is 2. The van der Waals surface area contributed by atoms with Gasteiger partial charge in [0.15, 0.2) is 11.5 Å². The highest BCUT2D eigenvalue weighted by atomic mass is 16.5. The highest BCUT2D eigenvalue weighted by Crippen LogP contribution is 2.29. The lowest BCUT2D eigenvalue weighted by molar-refractivity contribution is 0.325. The average molecular weight is 464 g/mol. The Hall–Kier alpha value is -3.06. The number of rotatable bonds is 10. The Morgan fingerprint density at radius 3 is 2.44 bits per heavy atom. The lowest BCUT2D eigenvalue weighted by Gasteiger charge is -2.29. The van der Waals surface area contributed by atoms with Gasteiger partial charge in [-0.2, -0.15) is 4.98 Å². The molecule has 0 atom stereocenters. The molecule has 0 radical (unpaired) electrons. The molecule has 0 saturated heterocycles. The average Bonchev–Trinajstić information content (AvgIpc) is 2.86. The first kappa shape index (κ1) is 24.1. The summed E-state index contributed by atoms with van der Waals surface area (Å²) < 4.78 is 10.7. The van der Waals surface area contributed by atoms with Gasteiger partial charge in [-0.1, -0.05) is 18.2 Å². The van der Waals surface area contributed by atoms with E-state index in [4.69, 9.17) is 19.4 Å². The fourth-order valence-corrected chi connectivity index (χ4v) is 4.73. The molecule has 0 spiro atoms. The first-order chi connectivity index (χ1) is 16.6. The molecule has 1 aromatic heterocycles. The van der Waals surface area contributed by atoms with Crippen molar-refractivity contribution in [2.45, 2.75) is 38.1 Å². The molecule has 1 aliphatic carbocycles. The minimum atomic E-state index is 0.430. The van der Waals surface area contributed by atoms with Gasteiger partial charge in [0, 0.05) is 25.5 Å². The second kappa shape index (κ2) is 11.4. The molecule has 2 aromatic carbocycles. The van der Waals surface area contributed by atoms with E-state index in [1.165, 1.54) is 18.4 Å². The van der Waals surface area contributed by atoms with Crippen molar-refractivity contribution < 1.29 is 9.47 Å². The van der Waals surface area contributed by atoms with Crippen LogP contribution in [0.3, 0.4) is 0 Å². The third-order valence-corrected chi connectivity index (χ3v) is 6.66. The Kier molecular flexibility index (Phi) is 8.06. The molecular weight excluding hydrogens is 426 g/mol. The van der Waals surface area contributed by atoms with E-state index < -0.39 is 0 Å². The van der Waals surface area contributed by atoms with Crippen LogP contribution in [0.1, 0.15) is 31.2 Å². The molecule has 0 bridgehead atoms. The molecule has 0 amide bonds. The normalized spacial score (nSPS) is 18.0. The zero-order valence-corrected chi connectivity index (χ0v) is 20.8. The van der Waals surface area contributed by atoms with Gasteiger partial charge in [-0.05, 0) is 80.9 Å². The molecule has 7 nitrogen and oxygen atoms in total. The quantitative estimate of drug-likeness (QED) is 0.429. The Morgan fingerprint density at radius 2 is 1.71 bits per heavy atom. The predicted octanol–water partition coefficient (Wildman–Crippen LogP) is 4.52. The summed E-state index contributed by atoms with van der Waals surface area (Å²) in [4.78, 5) is 11.6. The topological polar surface area (TPSA) is 71.5 Å². The maximum absolute atomic E-state index is 5.41. The van der Waals surface area contributed by atoms with Crippen molar-refractivity contribution in [1.82, 2.24) is 15.3 Å². The van der Waals surface area contributed by atoms with Crippen LogP contribution in [-0.4, -0.2) is 57.4 Å². The Balaban J connectivity index is 1.23. The molecule has 34 heavy (non-hydrogen) atoms. The lowest BCUT2D eigenvalue weighted by atomic mass is 9.86. The minimum absolute atomic E-state index is 0.430. The van der Waals surface area contributed by atoms with Crippen molar-refractivity contribution in [1.29, 1.82) is 0 Å². The van der Waals surface area contributed by atoms with Gasteiger partial charge in [0.1, 0.15) is 5.82 Å². The largest absolute Gasteiger partial charge is 0.493 e. The number of nitrogens with zero attached hydrogens (tertiary/aromatic N) is 3. The zero-order valence-electron chi connectivity index (χ0n) is 20.8. The fraction of sp³-hybridized carbons (Fsp3) is 0.481. The SMILES string of the molecule is COc1ccc(CCNC[C@H]2CC[C@@H](Nc3nc(N(C)C)c4ccccc4n3)CC2)cc1OC. The standard InChI is InChI=1S/C27H37N5O2/c1-32(2)26-22-7-5-6-8-23(22)30-27(31-26)29-21-12-9-20(10-13-21)18-28-16-15-19-11-14-24(33-3)25(17-19)34-4/h5-8,11,14,17,20-21,28H,9-10,12-13,15-16,18H2,1-4H3,(H,29,30,31)/t20-,21+. The second-order valence-electron chi connectivity index (χ2n) is 9.29. The fourth-order valence-electron chi connectivity index (χ4n) is 4.73. The number of ether oxygens (including phenoxy) is 2. The highest BCUT2D eigenvalue weighted by molar-refractivity contribution is 5.90. The third kappa shape index (κ3) is 5.89. The Labute approximate surface area is 202 Å². The molecule has 1 fully saturated rings. The molecule has 1 aliphatic rings. The molecule has 4 rings (SSSR count). The lowest BCUT2D eigenvalue weighted by Crippen LogP contribution is -2.32. The maximum atomic E-state index is 5.41. The van der Waals surface area contributed by atoms with Crippen molar-refractivity contribution in [2.75, 3.05) is 51.6 Å². The van der Waals surface area contributed by atoms with Gasteiger partial charge in [-0.3, -0.25) is 0 Å². The van der Waals surface area contributed by atoms with E-state index in [0.29, 0.717) is 6.04 Å². The molecule has 1 heterocycles. The van der Waals surface area contributed by atoms with Crippen LogP contribution in [0.2, 0.25) is 0 Å². The summed E-state index contributed by atoms with van der Waals surface area (Å²) >= 11 is 0. The molecule has 182 valence electrons. The van der Waals surface area contributed by atoms with Gasteiger partial charge in [0.05, 0.1) is 19.7 Å². The Morgan fingerprint density at radius 1 is 0.941 bits per heavy atom. The molecule has 0 unspecified atom stereocenters. The maximum Gasteiger partial charge on any atom is 0.225 e. The summed E-state index contributed by atoms with van der Waals surface area (Å²) in [7, 11) is 7.40. The molecule has 2 N–H and O–H groups in total. The van der Waals surface area contributed by atoms with Crippen LogP contribution in [0.4, 0.5) is 11.8 Å². The van der Waals surface area contributed by atoms with Gasteiger partial charge >= 0.3 is 0 Å². The van der Waals surface area contributed by atoms with E-state index in [0.717, 1.165) is 72.4 Å². The summed E-state index contributed by atoms with van der Waals surface area (Å²) in [5.74, 6) is 3.98. The molecule has 0 aliphatic heterocycles. The second-order valence-corrected chi connectivity index (χ2v) is 9.29. The molecule has 3 aromatic rings. The van der Waals surface area contributed by atoms with Gasteiger partial charge in [0.2, 0.25) is 5.95 Å². The van der Waals surface area contributed by atoms with Crippen LogP contribution < -0.4 is 25.0 Å². The van der Waals surface area contributed by atoms with Crippen molar-refractivity contribution in [3.63, 3.8) is 0 Å². The number of hydrogen-bond acceptors (Lipinski definition) is 7. The molecular formula is C27H37N5O2. The predicted molar refractivity (Wildman–Crippen MR) is 139 cm³/mol. The number of hydrogen-bond donors (Lipinski definition) is 2. The minimum Gasteiger partial charge on any atom is -0.493 e. The monoisotopic (exact) mass is 463 g/mol. The van der Waals surface area contributed by atoms with Gasteiger partial charge in [-0.15, -0.1) is 0 Å². The number of fused-ring (bicyclic) bond motifs is 1. The molecule has 1 saturated carbocycles. The number of nitrogens with one attached hydrogen (secondary N) is 2. The van der Waals surface area contributed by atoms with E-state index in [1.54, 1.807) is 14.2 Å². The summed E-state index contributed by atoms with van der Waals surface area (Å²) in [6, 6.07) is 14.8. The third-order valence-electron chi connectivity index (χ3n) is 6.66. The van der Waals surface area contributed by atoms with Crippen LogP contribution in [-0.2, 0) is 6.42 Å².